The van der Waals surface area contributed by atoms with Crippen LogP contribution < -0.4 is 4.90 Å². The van der Waals surface area contributed by atoms with Crippen molar-refractivity contribution in [2.75, 3.05) is 18.6 Å². The van der Waals surface area contributed by atoms with Gasteiger partial charge in [0.2, 0.25) is 0 Å². The Labute approximate surface area is 141 Å². The second-order valence-electron chi connectivity index (χ2n) is 5.67. The van der Waals surface area contributed by atoms with Gasteiger partial charge in [-0.25, -0.2) is 4.79 Å². The van der Waals surface area contributed by atoms with Crippen molar-refractivity contribution < 1.29 is 14.3 Å². The van der Waals surface area contributed by atoms with E-state index in [4.69, 9.17) is 0 Å². The molecule has 0 radical (unpaired) electrons. The topological polar surface area (TPSA) is 46.6 Å². The van der Waals surface area contributed by atoms with Crippen molar-refractivity contribution in [3.63, 3.8) is 0 Å². The lowest BCUT2D eigenvalue weighted by molar-refractivity contribution is -0.114. The fourth-order valence-corrected chi connectivity index (χ4v) is 2.87. The maximum Gasteiger partial charge on any atom is 0.337 e. The highest BCUT2D eigenvalue weighted by molar-refractivity contribution is 6.04. The van der Waals surface area contributed by atoms with Crippen molar-refractivity contribution >= 4 is 23.6 Å². The highest BCUT2D eigenvalue weighted by atomic mass is 16.5. The summed E-state index contributed by atoms with van der Waals surface area (Å²) >= 11 is 0. The van der Waals surface area contributed by atoms with Crippen molar-refractivity contribution in [1.29, 1.82) is 0 Å². The van der Waals surface area contributed by atoms with Crippen LogP contribution in [0.3, 0.4) is 0 Å². The van der Waals surface area contributed by atoms with Crippen LogP contribution in [0.25, 0.3) is 6.08 Å². The van der Waals surface area contributed by atoms with Gasteiger partial charge < -0.3 is 9.64 Å². The molecule has 0 spiro atoms. The molecule has 1 aliphatic heterocycles. The minimum Gasteiger partial charge on any atom is -0.465 e. The minimum atomic E-state index is -0.369. The van der Waals surface area contributed by atoms with Gasteiger partial charge in [0.05, 0.1) is 12.7 Å². The van der Waals surface area contributed by atoms with Gasteiger partial charge in [0.1, 0.15) is 0 Å². The Morgan fingerprint density at radius 3 is 2.58 bits per heavy atom. The Morgan fingerprint density at radius 2 is 1.83 bits per heavy atom. The SMILES string of the molecule is COC(=O)c1ccc(/C=C/C(=O)N2CCCc3ccccc32)cc1. The zero-order valence-corrected chi connectivity index (χ0v) is 13.6. The van der Waals surface area contributed by atoms with Gasteiger partial charge in [-0.15, -0.1) is 0 Å². The molecule has 0 aromatic heterocycles. The smallest absolute Gasteiger partial charge is 0.337 e. The van der Waals surface area contributed by atoms with E-state index in [1.807, 2.05) is 23.1 Å². The lowest BCUT2D eigenvalue weighted by Gasteiger charge is -2.28. The van der Waals surface area contributed by atoms with E-state index >= 15 is 0 Å². The largest absolute Gasteiger partial charge is 0.465 e. The normalized spacial score (nSPS) is 13.6. The molecule has 0 aliphatic carbocycles. The number of aryl methyl sites for hydroxylation is 1. The summed E-state index contributed by atoms with van der Waals surface area (Å²) in [4.78, 5) is 25.8. The first-order valence-corrected chi connectivity index (χ1v) is 7.95. The summed E-state index contributed by atoms with van der Waals surface area (Å²) in [5.74, 6) is -0.397. The Bertz CT molecular complexity index is 778. The maximum absolute atomic E-state index is 12.5. The third-order valence-corrected chi connectivity index (χ3v) is 4.13. The molecular weight excluding hydrogens is 302 g/mol. The predicted molar refractivity (Wildman–Crippen MR) is 93.9 cm³/mol. The molecule has 4 heteroatoms. The molecule has 122 valence electrons. The molecule has 4 nitrogen and oxygen atoms in total. The van der Waals surface area contributed by atoms with Gasteiger partial charge in [0, 0.05) is 18.3 Å². The van der Waals surface area contributed by atoms with E-state index in [2.05, 4.69) is 10.8 Å². The number of hydrogen-bond acceptors (Lipinski definition) is 3. The fourth-order valence-electron chi connectivity index (χ4n) is 2.87. The molecule has 0 saturated heterocycles. The molecule has 1 aliphatic rings. The van der Waals surface area contributed by atoms with Crippen molar-refractivity contribution in [1.82, 2.24) is 0 Å². The first-order chi connectivity index (χ1) is 11.7. The molecular formula is C20H19NO3. The van der Waals surface area contributed by atoms with Crippen LogP contribution in [0, 0.1) is 0 Å². The Kier molecular flexibility index (Phi) is 4.75. The standard InChI is InChI=1S/C20H19NO3/c1-24-20(23)17-11-8-15(9-12-17)10-13-19(22)21-14-4-6-16-5-2-3-7-18(16)21/h2-3,5,7-13H,4,6,14H2,1H3/b13-10+. The first-order valence-electron chi connectivity index (χ1n) is 7.95. The summed E-state index contributed by atoms with van der Waals surface area (Å²) in [7, 11) is 1.35. The van der Waals surface area contributed by atoms with Gasteiger partial charge in [-0.2, -0.15) is 0 Å². The fraction of sp³-hybridized carbons (Fsp3) is 0.200. The van der Waals surface area contributed by atoms with Crippen LogP contribution in [0.4, 0.5) is 5.69 Å². The summed E-state index contributed by atoms with van der Waals surface area (Å²) in [6, 6.07) is 15.0. The summed E-state index contributed by atoms with van der Waals surface area (Å²) in [5, 5.41) is 0. The molecule has 2 aromatic rings. The Morgan fingerprint density at radius 1 is 1.08 bits per heavy atom. The summed E-state index contributed by atoms with van der Waals surface area (Å²) in [6.07, 6.45) is 5.33. The zero-order valence-electron chi connectivity index (χ0n) is 13.6. The number of nitrogens with zero attached hydrogens (tertiary/aromatic N) is 1. The molecule has 0 fully saturated rings. The molecule has 1 amide bonds. The average molecular weight is 321 g/mol. The van der Waals surface area contributed by atoms with Crippen LogP contribution in [-0.2, 0) is 16.0 Å². The number of ether oxygens (including phenoxy) is 1. The van der Waals surface area contributed by atoms with Gasteiger partial charge in [-0.3, -0.25) is 4.79 Å². The number of carbonyl (C=O) groups is 2. The van der Waals surface area contributed by atoms with E-state index in [0.717, 1.165) is 30.6 Å². The van der Waals surface area contributed by atoms with E-state index in [1.54, 1.807) is 36.4 Å². The number of fused-ring (bicyclic) bond motifs is 1. The molecule has 0 unspecified atom stereocenters. The molecule has 0 N–H and O–H groups in total. The van der Waals surface area contributed by atoms with Gasteiger partial charge >= 0.3 is 5.97 Å². The highest BCUT2D eigenvalue weighted by Gasteiger charge is 2.20. The predicted octanol–water partition coefficient (Wildman–Crippen LogP) is 3.47. The van der Waals surface area contributed by atoms with Gasteiger partial charge in [-0.1, -0.05) is 30.3 Å². The van der Waals surface area contributed by atoms with Crippen LogP contribution in [0.5, 0.6) is 0 Å². The van der Waals surface area contributed by atoms with E-state index in [-0.39, 0.29) is 11.9 Å². The van der Waals surface area contributed by atoms with Crippen molar-refractivity contribution in [3.05, 3.63) is 71.3 Å². The number of esters is 1. The Balaban J connectivity index is 1.73. The maximum atomic E-state index is 12.5. The second kappa shape index (κ2) is 7.13. The minimum absolute atomic E-state index is 0.0285. The quantitative estimate of drug-likeness (QED) is 0.642. The van der Waals surface area contributed by atoms with E-state index in [9.17, 15) is 9.59 Å². The first kappa shape index (κ1) is 16.0. The van der Waals surface area contributed by atoms with Crippen molar-refractivity contribution in [3.8, 4) is 0 Å². The number of para-hydroxylation sites is 1. The number of anilines is 1. The summed E-state index contributed by atoms with van der Waals surface area (Å²) in [6.45, 7) is 0.738. The third-order valence-electron chi connectivity index (χ3n) is 4.13. The molecule has 2 aromatic carbocycles. The molecule has 24 heavy (non-hydrogen) atoms. The van der Waals surface area contributed by atoms with E-state index in [0.29, 0.717) is 5.56 Å². The summed E-state index contributed by atoms with van der Waals surface area (Å²) in [5.41, 5.74) is 3.57. The molecule has 0 saturated carbocycles. The molecule has 0 atom stereocenters. The van der Waals surface area contributed by atoms with Crippen molar-refractivity contribution in [2.45, 2.75) is 12.8 Å². The second-order valence-corrected chi connectivity index (χ2v) is 5.67. The average Bonchev–Trinajstić information content (AvgIpc) is 2.65. The lowest BCUT2D eigenvalue weighted by Crippen LogP contribution is -2.34. The number of hydrogen-bond donors (Lipinski definition) is 0. The number of benzene rings is 2. The number of rotatable bonds is 3. The van der Waals surface area contributed by atoms with E-state index in [1.165, 1.54) is 12.7 Å². The molecule has 3 rings (SSSR count). The Hall–Kier alpha value is -2.88. The monoisotopic (exact) mass is 321 g/mol. The van der Waals surface area contributed by atoms with Gasteiger partial charge in [0.25, 0.3) is 5.91 Å². The van der Waals surface area contributed by atoms with Gasteiger partial charge in [-0.05, 0) is 48.2 Å². The van der Waals surface area contributed by atoms with Crippen LogP contribution in [0.1, 0.15) is 27.9 Å². The highest BCUT2D eigenvalue weighted by Crippen LogP contribution is 2.26. The van der Waals surface area contributed by atoms with Crippen LogP contribution >= 0.6 is 0 Å². The van der Waals surface area contributed by atoms with Crippen LogP contribution in [0.15, 0.2) is 54.6 Å². The molecule has 0 bridgehead atoms. The van der Waals surface area contributed by atoms with E-state index < -0.39 is 0 Å². The van der Waals surface area contributed by atoms with Crippen LogP contribution in [-0.4, -0.2) is 25.5 Å². The molecule has 1 heterocycles. The number of amides is 1. The summed E-state index contributed by atoms with van der Waals surface area (Å²) < 4.78 is 4.67. The van der Waals surface area contributed by atoms with Crippen LogP contribution in [0.2, 0.25) is 0 Å². The number of methoxy groups -OCH3 is 1. The third kappa shape index (κ3) is 3.38. The lowest BCUT2D eigenvalue weighted by atomic mass is 10.0. The van der Waals surface area contributed by atoms with Crippen molar-refractivity contribution in [2.24, 2.45) is 0 Å². The van der Waals surface area contributed by atoms with Gasteiger partial charge in [0.15, 0.2) is 0 Å². The zero-order chi connectivity index (χ0) is 16.9. The number of carbonyl (C=O) groups excluding carboxylic acids is 2.